The van der Waals surface area contributed by atoms with Gasteiger partial charge >= 0.3 is 0 Å². The largest absolute Gasteiger partial charge is 0.484 e. The predicted molar refractivity (Wildman–Crippen MR) is 114 cm³/mol. The minimum Gasteiger partial charge on any atom is -0.484 e. The highest BCUT2D eigenvalue weighted by Gasteiger charge is 2.28. The van der Waals surface area contributed by atoms with E-state index in [1.54, 1.807) is 18.3 Å². The molecule has 26 heavy (non-hydrogen) atoms. The second-order valence-corrected chi connectivity index (χ2v) is 13.5. The summed E-state index contributed by atoms with van der Waals surface area (Å²) in [7, 11) is -3.58. The van der Waals surface area contributed by atoms with Gasteiger partial charge in [-0.05, 0) is 57.3 Å². The second-order valence-electron chi connectivity index (χ2n) is 7.35. The van der Waals surface area contributed by atoms with Crippen molar-refractivity contribution in [2.45, 2.75) is 45.5 Å². The van der Waals surface area contributed by atoms with Gasteiger partial charge in [-0.15, -0.1) is 11.3 Å². The number of ether oxygens (including phenoxy) is 3. The predicted octanol–water partition coefficient (Wildman–Crippen LogP) is 4.44. The summed E-state index contributed by atoms with van der Waals surface area (Å²) in [6, 6.07) is 0. The minimum absolute atomic E-state index is 0.171. The number of hydrogen-bond donors (Lipinski definition) is 0. The monoisotopic (exact) mass is 582 g/mol. The van der Waals surface area contributed by atoms with Gasteiger partial charge in [0.05, 0.1) is 18.5 Å². The summed E-state index contributed by atoms with van der Waals surface area (Å²) >= 11 is 7.24. The van der Waals surface area contributed by atoms with Gasteiger partial charge in [-0.1, -0.05) is 20.8 Å². The maximum Gasteiger partial charge on any atom is 0.270 e. The number of halogens is 2. The molecule has 0 saturated heterocycles. The first-order valence-electron chi connectivity index (χ1n) is 8.23. The van der Waals surface area contributed by atoms with Crippen LogP contribution in [-0.4, -0.2) is 46.2 Å². The lowest BCUT2D eigenvalue weighted by Crippen LogP contribution is -2.34. The molecule has 150 valence electrons. The summed E-state index contributed by atoms with van der Waals surface area (Å²) < 4.78 is 48.6. The van der Waals surface area contributed by atoms with Crippen molar-refractivity contribution in [1.82, 2.24) is 0 Å². The molecule has 0 saturated carbocycles. The molecule has 2 heterocycles. The van der Waals surface area contributed by atoms with E-state index in [2.05, 4.69) is 38.5 Å². The zero-order valence-electron chi connectivity index (χ0n) is 15.2. The van der Waals surface area contributed by atoms with E-state index in [1.807, 2.05) is 20.8 Å². The third-order valence-corrected chi connectivity index (χ3v) is 7.96. The van der Waals surface area contributed by atoms with Crippen LogP contribution in [0.15, 0.2) is 3.79 Å². The normalized spacial score (nSPS) is 18.8. The third-order valence-electron chi connectivity index (χ3n) is 3.56. The van der Waals surface area contributed by atoms with Crippen LogP contribution >= 0.6 is 49.9 Å². The summed E-state index contributed by atoms with van der Waals surface area (Å²) in [6.45, 7) is 8.67. The van der Waals surface area contributed by atoms with Crippen LogP contribution < -0.4 is 9.47 Å². The summed E-state index contributed by atoms with van der Waals surface area (Å²) in [5.41, 5.74) is -0.200. The van der Waals surface area contributed by atoms with Crippen LogP contribution in [0.1, 0.15) is 34.1 Å². The van der Waals surface area contributed by atoms with Crippen molar-refractivity contribution in [3.8, 4) is 11.5 Å². The highest BCUT2D eigenvalue weighted by atomic mass is 127. The van der Waals surface area contributed by atoms with Gasteiger partial charge in [0.2, 0.25) is 0 Å². The Labute approximate surface area is 181 Å². The zero-order chi connectivity index (χ0) is 19.5. The molecule has 0 bridgehead atoms. The van der Waals surface area contributed by atoms with Crippen molar-refractivity contribution in [2.24, 2.45) is 5.41 Å². The fourth-order valence-electron chi connectivity index (χ4n) is 2.01. The standard InChI is InChI=1S/C16H24BrIO6S2/c1-10(26(19,20)23-9-16(2,3)4)5-6-21-7-11-8-22-13-12(24-11)14(17)25-15(13)18/h10-11H,5-9H2,1-4H3. The molecule has 2 unspecified atom stereocenters. The number of rotatable bonds is 8. The maximum absolute atomic E-state index is 12.1. The quantitative estimate of drug-likeness (QED) is 0.256. The lowest BCUT2D eigenvalue weighted by atomic mass is 9.99. The van der Waals surface area contributed by atoms with E-state index in [1.165, 1.54) is 0 Å². The van der Waals surface area contributed by atoms with Crippen LogP contribution in [0.5, 0.6) is 11.5 Å². The van der Waals surface area contributed by atoms with E-state index in [9.17, 15) is 8.42 Å². The molecule has 1 aromatic rings. The van der Waals surface area contributed by atoms with E-state index in [0.717, 1.165) is 12.4 Å². The summed E-state index contributed by atoms with van der Waals surface area (Å²) in [6.07, 6.45) is 0.152. The number of thiophene rings is 1. The molecule has 0 aliphatic carbocycles. The van der Waals surface area contributed by atoms with E-state index >= 15 is 0 Å². The average Bonchev–Trinajstić information content (AvgIpc) is 2.83. The molecule has 0 spiro atoms. The fraction of sp³-hybridized carbons (Fsp3) is 0.750. The molecule has 0 amide bonds. The van der Waals surface area contributed by atoms with Gasteiger partial charge in [-0.2, -0.15) is 8.42 Å². The van der Waals surface area contributed by atoms with E-state index in [0.29, 0.717) is 32.0 Å². The molecular weight excluding hydrogens is 559 g/mol. The Morgan fingerprint density at radius 3 is 2.73 bits per heavy atom. The third kappa shape index (κ3) is 6.47. The molecular formula is C16H24BrIO6S2. The van der Waals surface area contributed by atoms with Gasteiger partial charge in [0.1, 0.15) is 13.3 Å². The highest BCUT2D eigenvalue weighted by Crippen LogP contribution is 2.48. The fourth-order valence-corrected chi connectivity index (χ4v) is 6.51. The first-order valence-corrected chi connectivity index (χ1v) is 12.4. The van der Waals surface area contributed by atoms with Crippen molar-refractivity contribution < 1.29 is 26.8 Å². The smallest absolute Gasteiger partial charge is 0.270 e. The Kier molecular flexibility index (Phi) is 8.07. The molecule has 2 rings (SSSR count). The van der Waals surface area contributed by atoms with Crippen molar-refractivity contribution in [1.29, 1.82) is 0 Å². The molecule has 0 aromatic carbocycles. The van der Waals surface area contributed by atoms with Gasteiger partial charge in [-0.25, -0.2) is 0 Å². The van der Waals surface area contributed by atoms with Crippen LogP contribution in [0.4, 0.5) is 0 Å². The first-order chi connectivity index (χ1) is 12.0. The number of fused-ring (bicyclic) bond motifs is 1. The summed E-state index contributed by atoms with van der Waals surface area (Å²) in [5.74, 6) is 1.49. The minimum atomic E-state index is -3.58. The highest BCUT2D eigenvalue weighted by molar-refractivity contribution is 14.1. The Hall–Kier alpha value is 0.380. The Morgan fingerprint density at radius 2 is 2.08 bits per heavy atom. The van der Waals surface area contributed by atoms with Crippen LogP contribution in [-0.2, 0) is 19.0 Å². The molecule has 1 aliphatic rings. The second kappa shape index (κ2) is 9.25. The van der Waals surface area contributed by atoms with Crippen molar-refractivity contribution in [3.63, 3.8) is 0 Å². The Bertz CT molecular complexity index is 713. The Balaban J connectivity index is 1.73. The molecule has 0 fully saturated rings. The molecule has 6 nitrogen and oxygen atoms in total. The first kappa shape index (κ1) is 22.7. The van der Waals surface area contributed by atoms with Crippen LogP contribution in [0.25, 0.3) is 0 Å². The van der Waals surface area contributed by atoms with Crippen LogP contribution in [0.3, 0.4) is 0 Å². The lowest BCUT2D eigenvalue weighted by Gasteiger charge is -2.25. The van der Waals surface area contributed by atoms with E-state index < -0.39 is 15.4 Å². The van der Waals surface area contributed by atoms with Crippen molar-refractivity contribution >= 4 is 60.0 Å². The van der Waals surface area contributed by atoms with E-state index in [4.69, 9.17) is 18.4 Å². The van der Waals surface area contributed by atoms with Crippen molar-refractivity contribution in [2.75, 3.05) is 26.4 Å². The SMILES string of the molecule is CC(CCOCC1COc2c(I)sc(Br)c2O1)S(=O)(=O)OCC(C)(C)C. The van der Waals surface area contributed by atoms with Gasteiger partial charge in [-0.3, -0.25) is 4.18 Å². The van der Waals surface area contributed by atoms with Gasteiger partial charge in [0, 0.05) is 6.61 Å². The summed E-state index contributed by atoms with van der Waals surface area (Å²) in [5, 5.41) is -0.618. The average molecular weight is 583 g/mol. The molecule has 10 heteroatoms. The topological polar surface area (TPSA) is 71.1 Å². The van der Waals surface area contributed by atoms with Crippen molar-refractivity contribution in [3.05, 3.63) is 6.67 Å². The van der Waals surface area contributed by atoms with Gasteiger partial charge < -0.3 is 14.2 Å². The van der Waals surface area contributed by atoms with E-state index in [-0.39, 0.29) is 18.1 Å². The summed E-state index contributed by atoms with van der Waals surface area (Å²) in [4.78, 5) is 0. The van der Waals surface area contributed by atoms with Gasteiger partial charge in [0.15, 0.2) is 17.6 Å². The lowest BCUT2D eigenvalue weighted by molar-refractivity contribution is 0.00798. The van der Waals surface area contributed by atoms with Crippen LogP contribution in [0.2, 0.25) is 0 Å². The zero-order valence-corrected chi connectivity index (χ0v) is 20.6. The molecule has 0 N–H and O–H groups in total. The van der Waals surface area contributed by atoms with Gasteiger partial charge in [0.25, 0.3) is 10.1 Å². The molecule has 1 aliphatic heterocycles. The molecule has 1 aromatic heterocycles. The Morgan fingerprint density at radius 1 is 1.38 bits per heavy atom. The van der Waals surface area contributed by atoms with Crippen LogP contribution in [0, 0.1) is 8.30 Å². The maximum atomic E-state index is 12.1. The molecule has 2 atom stereocenters. The molecule has 0 radical (unpaired) electrons. The number of hydrogen-bond acceptors (Lipinski definition) is 7.